The fourth-order valence-corrected chi connectivity index (χ4v) is 6.98. The highest BCUT2D eigenvalue weighted by Crippen LogP contribution is 2.32. The van der Waals surface area contributed by atoms with E-state index in [0.29, 0.717) is 39.2 Å². The van der Waals surface area contributed by atoms with Crippen LogP contribution in [0, 0.1) is 6.92 Å². The Morgan fingerprint density at radius 1 is 0.844 bits per heavy atom. The quantitative estimate of drug-likeness (QED) is 0.160. The molecule has 45 heavy (non-hydrogen) atoms. The number of rotatable bonds is 13. The summed E-state index contributed by atoms with van der Waals surface area (Å²) in [6.07, 6.45) is 0.882. The van der Waals surface area contributed by atoms with Gasteiger partial charge in [0.1, 0.15) is 12.6 Å². The predicted octanol–water partition coefficient (Wildman–Crippen LogP) is 7.32. The summed E-state index contributed by atoms with van der Waals surface area (Å²) in [4.78, 5) is 29.7. The van der Waals surface area contributed by atoms with Crippen molar-refractivity contribution in [3.8, 4) is 0 Å². The molecule has 11 heteroatoms. The van der Waals surface area contributed by atoms with Crippen molar-refractivity contribution in [1.82, 2.24) is 10.2 Å². The molecule has 236 valence electrons. The maximum atomic E-state index is 14.5. The molecule has 4 rings (SSSR count). The van der Waals surface area contributed by atoms with Gasteiger partial charge in [-0.05, 0) is 66.4 Å². The number of anilines is 1. The van der Waals surface area contributed by atoms with E-state index in [2.05, 4.69) is 5.32 Å². The lowest BCUT2D eigenvalue weighted by atomic mass is 10.0. The Morgan fingerprint density at radius 3 is 2.16 bits per heavy atom. The molecule has 0 aliphatic rings. The molecule has 1 atom stereocenters. The molecule has 0 radical (unpaired) electrons. The largest absolute Gasteiger partial charge is 0.354 e. The van der Waals surface area contributed by atoms with Gasteiger partial charge in [-0.25, -0.2) is 8.42 Å². The van der Waals surface area contributed by atoms with E-state index in [1.165, 1.54) is 17.0 Å². The van der Waals surface area contributed by atoms with Crippen LogP contribution in [0.3, 0.4) is 0 Å². The molecule has 1 N–H and O–H groups in total. The second-order valence-electron chi connectivity index (χ2n) is 10.5. The van der Waals surface area contributed by atoms with Crippen molar-refractivity contribution < 1.29 is 18.0 Å². The summed E-state index contributed by atoms with van der Waals surface area (Å²) in [7, 11) is -4.24. The summed E-state index contributed by atoms with van der Waals surface area (Å²) in [5.74, 6) is -0.969. The third kappa shape index (κ3) is 8.58. The normalized spacial score (nSPS) is 11.9. The van der Waals surface area contributed by atoms with Crippen LogP contribution < -0.4 is 9.62 Å². The van der Waals surface area contributed by atoms with Crippen molar-refractivity contribution in [2.45, 2.75) is 44.2 Å². The zero-order chi connectivity index (χ0) is 32.6. The predicted molar refractivity (Wildman–Crippen MR) is 181 cm³/mol. The zero-order valence-corrected chi connectivity index (χ0v) is 28.0. The van der Waals surface area contributed by atoms with Crippen LogP contribution in [-0.2, 0) is 32.6 Å². The number of carbonyl (C=O) groups is 2. The van der Waals surface area contributed by atoms with Crippen LogP contribution in [0.4, 0.5) is 5.69 Å². The van der Waals surface area contributed by atoms with Crippen molar-refractivity contribution in [3.63, 3.8) is 0 Å². The van der Waals surface area contributed by atoms with Crippen LogP contribution in [-0.4, -0.2) is 44.3 Å². The highest BCUT2D eigenvalue weighted by atomic mass is 35.5. The minimum absolute atomic E-state index is 0.00555. The van der Waals surface area contributed by atoms with Gasteiger partial charge in [-0.3, -0.25) is 13.9 Å². The average Bonchev–Trinajstić information content (AvgIpc) is 3.03. The number of nitrogens with one attached hydrogen (secondary N) is 1. The Balaban J connectivity index is 1.84. The molecule has 2 amide bonds. The van der Waals surface area contributed by atoms with Gasteiger partial charge in [0.15, 0.2) is 0 Å². The van der Waals surface area contributed by atoms with Crippen molar-refractivity contribution in [2.75, 3.05) is 17.4 Å². The topological polar surface area (TPSA) is 86.8 Å². The SMILES string of the molecule is CCCNC(=O)[C@H](Cc1ccccc1)N(Cc1ccc(Cl)cc1Cl)C(=O)CN(c1cccc(Cl)c1C)S(=O)(=O)c1ccccc1. The number of hydrogen-bond acceptors (Lipinski definition) is 4. The van der Waals surface area contributed by atoms with Crippen LogP contribution in [0.5, 0.6) is 0 Å². The van der Waals surface area contributed by atoms with E-state index in [9.17, 15) is 18.0 Å². The number of sulfonamides is 1. The summed E-state index contributed by atoms with van der Waals surface area (Å²) >= 11 is 19.1. The molecule has 4 aromatic carbocycles. The minimum atomic E-state index is -4.24. The standard InChI is InChI=1S/C34H34Cl3N3O4S/c1-3-19-38-34(42)32(20-25-11-6-4-7-12-25)39(22-26-17-18-27(35)21-30(26)37)33(41)23-40(31-16-10-15-29(36)24(31)2)45(43,44)28-13-8-5-9-14-28/h4-18,21,32H,3,19-20,22-23H2,1-2H3,(H,38,42)/t32-/m0/s1. The third-order valence-electron chi connectivity index (χ3n) is 7.29. The van der Waals surface area contributed by atoms with Gasteiger partial charge in [0.05, 0.1) is 10.6 Å². The van der Waals surface area contributed by atoms with Gasteiger partial charge in [0.2, 0.25) is 11.8 Å². The molecular formula is C34H34Cl3N3O4S. The van der Waals surface area contributed by atoms with E-state index in [0.717, 1.165) is 9.87 Å². The second-order valence-corrected chi connectivity index (χ2v) is 13.6. The molecule has 0 unspecified atom stereocenters. The van der Waals surface area contributed by atoms with E-state index < -0.39 is 28.5 Å². The van der Waals surface area contributed by atoms with Crippen molar-refractivity contribution in [3.05, 3.63) is 129 Å². The Morgan fingerprint density at radius 2 is 1.51 bits per heavy atom. The van der Waals surface area contributed by atoms with Crippen LogP contribution in [0.15, 0.2) is 102 Å². The van der Waals surface area contributed by atoms with Gasteiger partial charge >= 0.3 is 0 Å². The summed E-state index contributed by atoms with van der Waals surface area (Å²) in [6, 6.07) is 26.0. The van der Waals surface area contributed by atoms with Crippen LogP contribution in [0.1, 0.15) is 30.0 Å². The molecule has 0 saturated heterocycles. The lowest BCUT2D eigenvalue weighted by molar-refractivity contribution is -0.140. The molecule has 0 spiro atoms. The highest BCUT2D eigenvalue weighted by Gasteiger charge is 2.35. The Bertz CT molecular complexity index is 1740. The number of hydrogen-bond donors (Lipinski definition) is 1. The minimum Gasteiger partial charge on any atom is -0.354 e. The molecule has 0 aliphatic carbocycles. The fraction of sp³-hybridized carbons (Fsp3) is 0.235. The Labute approximate surface area is 279 Å². The first kappa shape index (κ1) is 34.3. The second kappa shape index (κ2) is 15.6. The molecular weight excluding hydrogens is 653 g/mol. The van der Waals surface area contributed by atoms with E-state index in [1.54, 1.807) is 61.5 Å². The van der Waals surface area contributed by atoms with Gasteiger partial charge < -0.3 is 10.2 Å². The monoisotopic (exact) mass is 685 g/mol. The first-order valence-electron chi connectivity index (χ1n) is 14.4. The molecule has 0 aliphatic heterocycles. The van der Waals surface area contributed by atoms with Crippen LogP contribution >= 0.6 is 34.8 Å². The first-order chi connectivity index (χ1) is 21.5. The first-order valence-corrected chi connectivity index (χ1v) is 17.0. The molecule has 0 saturated carbocycles. The van der Waals surface area contributed by atoms with Crippen molar-refractivity contribution in [1.29, 1.82) is 0 Å². The summed E-state index contributed by atoms with van der Waals surface area (Å²) < 4.78 is 29.3. The Hall–Kier alpha value is -3.56. The average molecular weight is 687 g/mol. The number of halogens is 3. The van der Waals surface area contributed by atoms with Crippen molar-refractivity contribution in [2.24, 2.45) is 0 Å². The van der Waals surface area contributed by atoms with E-state index in [-0.39, 0.29) is 29.5 Å². The number of amides is 2. The van der Waals surface area contributed by atoms with E-state index in [1.807, 2.05) is 37.3 Å². The third-order valence-corrected chi connectivity index (χ3v) is 10.1. The Kier molecular flexibility index (Phi) is 11.9. The van der Waals surface area contributed by atoms with E-state index >= 15 is 0 Å². The number of carbonyl (C=O) groups excluding carboxylic acids is 2. The van der Waals surface area contributed by atoms with E-state index in [4.69, 9.17) is 34.8 Å². The molecule has 4 aromatic rings. The smallest absolute Gasteiger partial charge is 0.264 e. The molecule has 7 nitrogen and oxygen atoms in total. The van der Waals surface area contributed by atoms with Gasteiger partial charge in [0, 0.05) is 34.6 Å². The number of nitrogens with zero attached hydrogens (tertiary/aromatic N) is 2. The van der Waals surface area contributed by atoms with Crippen LogP contribution in [0.25, 0.3) is 0 Å². The van der Waals surface area contributed by atoms with Crippen molar-refractivity contribution >= 4 is 62.3 Å². The van der Waals surface area contributed by atoms with Gasteiger partial charge in [0.25, 0.3) is 10.0 Å². The zero-order valence-electron chi connectivity index (χ0n) is 24.9. The van der Waals surface area contributed by atoms with Gasteiger partial charge in [-0.1, -0.05) is 102 Å². The fourth-order valence-electron chi connectivity index (χ4n) is 4.85. The molecule has 0 aromatic heterocycles. The van der Waals surface area contributed by atoms with Gasteiger partial charge in [-0.2, -0.15) is 0 Å². The maximum absolute atomic E-state index is 14.5. The summed E-state index contributed by atoms with van der Waals surface area (Å²) in [5, 5.41) is 3.99. The summed E-state index contributed by atoms with van der Waals surface area (Å²) in [6.45, 7) is 3.36. The maximum Gasteiger partial charge on any atom is 0.264 e. The molecule has 0 heterocycles. The summed E-state index contributed by atoms with van der Waals surface area (Å²) in [5.41, 5.74) is 2.11. The molecule has 0 fully saturated rings. The highest BCUT2D eigenvalue weighted by molar-refractivity contribution is 7.92. The van der Waals surface area contributed by atoms with Crippen LogP contribution in [0.2, 0.25) is 15.1 Å². The lowest BCUT2D eigenvalue weighted by Gasteiger charge is -2.34. The molecule has 0 bridgehead atoms. The van der Waals surface area contributed by atoms with Gasteiger partial charge in [-0.15, -0.1) is 0 Å². The number of benzene rings is 4. The lowest BCUT2D eigenvalue weighted by Crippen LogP contribution is -2.53.